The van der Waals surface area contributed by atoms with Crippen molar-refractivity contribution in [2.75, 3.05) is 45.9 Å². The van der Waals surface area contributed by atoms with E-state index in [-0.39, 0.29) is 0 Å². The van der Waals surface area contributed by atoms with E-state index in [2.05, 4.69) is 31.0 Å². The lowest BCUT2D eigenvalue weighted by Gasteiger charge is -2.20. The van der Waals surface area contributed by atoms with Gasteiger partial charge in [0, 0.05) is 19.7 Å². The van der Waals surface area contributed by atoms with Gasteiger partial charge >= 0.3 is 0 Å². The number of nitrogens with zero attached hydrogens (tertiary/aromatic N) is 1. The molecule has 1 N–H and O–H groups in total. The third kappa shape index (κ3) is 8.06. The van der Waals surface area contributed by atoms with Crippen molar-refractivity contribution in [3.63, 3.8) is 0 Å². The number of hydrogen-bond acceptors (Lipinski definition) is 3. The smallest absolute Gasteiger partial charge is 0.0590 e. The summed E-state index contributed by atoms with van der Waals surface area (Å²) in [6, 6.07) is 0. The van der Waals surface area contributed by atoms with Crippen molar-refractivity contribution in [3.05, 3.63) is 0 Å². The topological polar surface area (TPSA) is 24.5 Å². The van der Waals surface area contributed by atoms with Crippen LogP contribution in [0.5, 0.6) is 0 Å². The molecule has 108 valence electrons. The summed E-state index contributed by atoms with van der Waals surface area (Å²) in [6.45, 7) is 14.5. The molecule has 0 aromatic carbocycles. The summed E-state index contributed by atoms with van der Waals surface area (Å²) in [6.07, 6.45) is 3.96. The maximum Gasteiger partial charge on any atom is 0.0590 e. The summed E-state index contributed by atoms with van der Waals surface area (Å²) >= 11 is 0. The summed E-state index contributed by atoms with van der Waals surface area (Å²) in [7, 11) is 0. The van der Waals surface area contributed by atoms with Crippen molar-refractivity contribution in [2.45, 2.75) is 40.0 Å². The Morgan fingerprint density at radius 1 is 1.11 bits per heavy atom. The lowest BCUT2D eigenvalue weighted by Crippen LogP contribution is -2.33. The first kappa shape index (κ1) is 15.9. The predicted octanol–water partition coefficient (Wildman–Crippen LogP) is 2.37. The highest BCUT2D eigenvalue weighted by atomic mass is 16.5. The molecular weight excluding hydrogens is 224 g/mol. The van der Waals surface area contributed by atoms with Gasteiger partial charge in [-0.3, -0.25) is 0 Å². The molecule has 18 heavy (non-hydrogen) atoms. The van der Waals surface area contributed by atoms with Crippen LogP contribution in [0.2, 0.25) is 0 Å². The Morgan fingerprint density at radius 3 is 2.50 bits per heavy atom. The lowest BCUT2D eigenvalue weighted by atomic mass is 10.1. The minimum Gasteiger partial charge on any atom is -0.380 e. The van der Waals surface area contributed by atoms with Crippen LogP contribution < -0.4 is 5.32 Å². The molecule has 1 heterocycles. The van der Waals surface area contributed by atoms with Crippen LogP contribution in [0.15, 0.2) is 0 Å². The predicted molar refractivity (Wildman–Crippen MR) is 78.0 cm³/mol. The molecule has 1 aliphatic heterocycles. The molecule has 1 aliphatic rings. The van der Waals surface area contributed by atoms with E-state index in [1.165, 1.54) is 38.9 Å². The second-order valence-electron chi connectivity index (χ2n) is 6.11. The van der Waals surface area contributed by atoms with Gasteiger partial charge in [-0.25, -0.2) is 0 Å². The van der Waals surface area contributed by atoms with Crippen LogP contribution in [-0.4, -0.2) is 50.8 Å². The number of likely N-dealkylation sites (tertiary alicyclic amines) is 1. The zero-order chi connectivity index (χ0) is 13.2. The highest BCUT2D eigenvalue weighted by Crippen LogP contribution is 2.09. The van der Waals surface area contributed by atoms with Crippen LogP contribution in [0.1, 0.15) is 40.0 Å². The molecule has 0 bridgehead atoms. The van der Waals surface area contributed by atoms with Gasteiger partial charge in [-0.15, -0.1) is 0 Å². The molecule has 0 amide bonds. The van der Waals surface area contributed by atoms with Crippen molar-refractivity contribution >= 4 is 0 Å². The second-order valence-corrected chi connectivity index (χ2v) is 6.11. The van der Waals surface area contributed by atoms with Gasteiger partial charge < -0.3 is 15.0 Å². The van der Waals surface area contributed by atoms with Gasteiger partial charge in [0.05, 0.1) is 6.61 Å². The number of rotatable bonds is 10. The first-order chi connectivity index (χ1) is 8.68. The summed E-state index contributed by atoms with van der Waals surface area (Å²) in [5, 5.41) is 3.50. The van der Waals surface area contributed by atoms with Crippen molar-refractivity contribution in [3.8, 4) is 0 Å². The Labute approximate surface area is 113 Å². The van der Waals surface area contributed by atoms with E-state index >= 15 is 0 Å². The molecule has 0 aromatic heterocycles. The molecule has 0 radical (unpaired) electrons. The molecule has 0 spiro atoms. The van der Waals surface area contributed by atoms with Crippen LogP contribution in [0.3, 0.4) is 0 Å². The van der Waals surface area contributed by atoms with E-state index in [1.807, 2.05) is 0 Å². The largest absolute Gasteiger partial charge is 0.380 e. The Balaban J connectivity index is 1.84. The SMILES string of the molecule is CC(C)CCOCCNCC(C)CN1CCCC1. The number of hydrogen-bond donors (Lipinski definition) is 1. The molecule has 3 heteroatoms. The molecule has 1 unspecified atom stereocenters. The Hall–Kier alpha value is -0.120. The van der Waals surface area contributed by atoms with Crippen LogP contribution >= 0.6 is 0 Å². The molecule has 0 saturated carbocycles. The van der Waals surface area contributed by atoms with Crippen LogP contribution in [0.25, 0.3) is 0 Å². The molecule has 1 rings (SSSR count). The van der Waals surface area contributed by atoms with Crippen LogP contribution in [0, 0.1) is 11.8 Å². The minimum atomic E-state index is 0.749. The molecule has 0 aliphatic carbocycles. The van der Waals surface area contributed by atoms with E-state index in [9.17, 15) is 0 Å². The minimum absolute atomic E-state index is 0.749. The Bertz CT molecular complexity index is 191. The highest BCUT2D eigenvalue weighted by Gasteiger charge is 2.13. The van der Waals surface area contributed by atoms with E-state index in [0.717, 1.165) is 38.1 Å². The molecule has 1 saturated heterocycles. The lowest BCUT2D eigenvalue weighted by molar-refractivity contribution is 0.124. The number of ether oxygens (including phenoxy) is 1. The van der Waals surface area contributed by atoms with Crippen molar-refractivity contribution in [1.29, 1.82) is 0 Å². The van der Waals surface area contributed by atoms with Crippen LogP contribution in [0.4, 0.5) is 0 Å². The Morgan fingerprint density at radius 2 is 1.83 bits per heavy atom. The monoisotopic (exact) mass is 256 g/mol. The number of nitrogens with one attached hydrogen (secondary N) is 1. The van der Waals surface area contributed by atoms with E-state index < -0.39 is 0 Å². The van der Waals surface area contributed by atoms with Gasteiger partial charge in [-0.1, -0.05) is 20.8 Å². The molecule has 1 atom stereocenters. The second kappa shape index (κ2) is 9.76. The maximum atomic E-state index is 5.59. The van der Waals surface area contributed by atoms with Gasteiger partial charge in [0.15, 0.2) is 0 Å². The third-order valence-corrected chi connectivity index (χ3v) is 3.52. The molecule has 0 aromatic rings. The highest BCUT2D eigenvalue weighted by molar-refractivity contribution is 4.69. The van der Waals surface area contributed by atoms with Crippen molar-refractivity contribution < 1.29 is 4.74 Å². The van der Waals surface area contributed by atoms with Gasteiger partial charge in [-0.2, -0.15) is 0 Å². The van der Waals surface area contributed by atoms with E-state index in [0.29, 0.717) is 0 Å². The standard InChI is InChI=1S/C15H32N2O/c1-14(2)6-10-18-11-7-16-12-15(3)13-17-8-4-5-9-17/h14-16H,4-13H2,1-3H3. The van der Waals surface area contributed by atoms with Crippen LogP contribution in [-0.2, 0) is 4.74 Å². The third-order valence-electron chi connectivity index (χ3n) is 3.52. The first-order valence-corrected chi connectivity index (χ1v) is 7.69. The maximum absolute atomic E-state index is 5.59. The summed E-state index contributed by atoms with van der Waals surface area (Å²) < 4.78 is 5.59. The fraction of sp³-hybridized carbons (Fsp3) is 1.00. The molecule has 3 nitrogen and oxygen atoms in total. The average Bonchev–Trinajstić information content (AvgIpc) is 2.80. The van der Waals surface area contributed by atoms with Crippen molar-refractivity contribution in [1.82, 2.24) is 10.2 Å². The van der Waals surface area contributed by atoms with E-state index in [4.69, 9.17) is 4.74 Å². The zero-order valence-electron chi connectivity index (χ0n) is 12.6. The summed E-state index contributed by atoms with van der Waals surface area (Å²) in [5.41, 5.74) is 0. The normalized spacial score (nSPS) is 18.7. The van der Waals surface area contributed by atoms with Gasteiger partial charge in [-0.05, 0) is 50.7 Å². The fourth-order valence-electron chi connectivity index (χ4n) is 2.38. The first-order valence-electron chi connectivity index (χ1n) is 7.69. The summed E-state index contributed by atoms with van der Waals surface area (Å²) in [5.74, 6) is 1.50. The molecule has 1 fully saturated rings. The fourth-order valence-corrected chi connectivity index (χ4v) is 2.38. The van der Waals surface area contributed by atoms with Crippen molar-refractivity contribution in [2.24, 2.45) is 11.8 Å². The Kier molecular flexibility index (Phi) is 8.64. The van der Waals surface area contributed by atoms with Gasteiger partial charge in [0.1, 0.15) is 0 Å². The summed E-state index contributed by atoms with van der Waals surface area (Å²) in [4.78, 5) is 2.59. The molecular formula is C15H32N2O. The van der Waals surface area contributed by atoms with E-state index in [1.54, 1.807) is 0 Å². The van der Waals surface area contributed by atoms with Gasteiger partial charge in [0.2, 0.25) is 0 Å². The van der Waals surface area contributed by atoms with Gasteiger partial charge in [0.25, 0.3) is 0 Å². The quantitative estimate of drug-likeness (QED) is 0.607. The average molecular weight is 256 g/mol. The zero-order valence-corrected chi connectivity index (χ0v) is 12.6.